The summed E-state index contributed by atoms with van der Waals surface area (Å²) in [5.41, 5.74) is 0. The van der Waals surface area contributed by atoms with Crippen LogP contribution in [0.4, 0.5) is 0 Å². The third-order valence-corrected chi connectivity index (χ3v) is 4.73. The number of hydrogen-bond acceptors (Lipinski definition) is 3. The number of halogens is 2. The highest BCUT2D eigenvalue weighted by Crippen LogP contribution is 2.26. The van der Waals surface area contributed by atoms with Gasteiger partial charge in [0.05, 0.1) is 21.0 Å². The molecule has 0 spiro atoms. The molecular formula is C10H10Cl2N2O2S. The number of nitriles is 1. The van der Waals surface area contributed by atoms with Crippen LogP contribution in [0, 0.1) is 11.3 Å². The third-order valence-electron chi connectivity index (χ3n) is 2.14. The Bertz CT molecular complexity index is 552. The Labute approximate surface area is 110 Å². The van der Waals surface area contributed by atoms with Crippen molar-refractivity contribution in [3.63, 3.8) is 0 Å². The van der Waals surface area contributed by atoms with Crippen LogP contribution < -0.4 is 0 Å². The third kappa shape index (κ3) is 3.33. The van der Waals surface area contributed by atoms with Crippen molar-refractivity contribution in [1.29, 1.82) is 5.26 Å². The molecule has 0 heterocycles. The van der Waals surface area contributed by atoms with Gasteiger partial charge in [0.15, 0.2) is 0 Å². The van der Waals surface area contributed by atoms with Crippen molar-refractivity contribution >= 4 is 33.2 Å². The van der Waals surface area contributed by atoms with E-state index in [0.29, 0.717) is 5.02 Å². The average molecular weight is 293 g/mol. The molecule has 1 aromatic carbocycles. The fourth-order valence-electron chi connectivity index (χ4n) is 1.14. The highest BCUT2D eigenvalue weighted by atomic mass is 35.5. The van der Waals surface area contributed by atoms with E-state index < -0.39 is 10.0 Å². The monoisotopic (exact) mass is 292 g/mol. The second-order valence-corrected chi connectivity index (χ2v) is 6.17. The summed E-state index contributed by atoms with van der Waals surface area (Å²) >= 11 is 11.5. The van der Waals surface area contributed by atoms with E-state index in [1.807, 2.05) is 6.07 Å². The highest BCUT2D eigenvalue weighted by molar-refractivity contribution is 7.89. The molecule has 0 fully saturated rings. The molecule has 7 heteroatoms. The Balaban J connectivity index is 3.05. The fraction of sp³-hybridized carbons (Fsp3) is 0.300. The van der Waals surface area contributed by atoms with Gasteiger partial charge in [-0.15, -0.1) is 0 Å². The molecule has 17 heavy (non-hydrogen) atoms. The summed E-state index contributed by atoms with van der Waals surface area (Å²) in [7, 11) is -2.20. The molecule has 0 N–H and O–H groups in total. The van der Waals surface area contributed by atoms with Gasteiger partial charge in [0.25, 0.3) is 0 Å². The minimum Gasteiger partial charge on any atom is -0.207 e. The Morgan fingerprint density at radius 2 is 2.00 bits per heavy atom. The molecule has 0 saturated heterocycles. The Morgan fingerprint density at radius 1 is 1.35 bits per heavy atom. The highest BCUT2D eigenvalue weighted by Gasteiger charge is 2.20. The number of nitrogens with zero attached hydrogens (tertiary/aromatic N) is 2. The number of rotatable bonds is 4. The summed E-state index contributed by atoms with van der Waals surface area (Å²) in [4.78, 5) is 0.0624. The van der Waals surface area contributed by atoms with Crippen molar-refractivity contribution in [2.75, 3.05) is 13.6 Å². The number of hydrogen-bond donors (Lipinski definition) is 0. The molecule has 0 saturated carbocycles. The molecule has 92 valence electrons. The van der Waals surface area contributed by atoms with Gasteiger partial charge < -0.3 is 0 Å². The van der Waals surface area contributed by atoms with Crippen LogP contribution in [-0.2, 0) is 10.0 Å². The summed E-state index contributed by atoms with van der Waals surface area (Å²) in [6.07, 6.45) is 0.136. The number of benzene rings is 1. The van der Waals surface area contributed by atoms with Gasteiger partial charge in [-0.3, -0.25) is 0 Å². The van der Waals surface area contributed by atoms with Gasteiger partial charge in [0, 0.05) is 20.0 Å². The van der Waals surface area contributed by atoms with Crippen LogP contribution in [-0.4, -0.2) is 26.3 Å². The summed E-state index contributed by atoms with van der Waals surface area (Å²) in [6.45, 7) is 0.138. The van der Waals surface area contributed by atoms with E-state index in [4.69, 9.17) is 28.5 Å². The van der Waals surface area contributed by atoms with E-state index in [9.17, 15) is 8.42 Å². The largest absolute Gasteiger partial charge is 0.242 e. The summed E-state index contributed by atoms with van der Waals surface area (Å²) in [5, 5.41) is 8.90. The second kappa shape index (κ2) is 5.69. The van der Waals surface area contributed by atoms with Gasteiger partial charge in [-0.25, -0.2) is 8.42 Å². The van der Waals surface area contributed by atoms with E-state index in [1.54, 1.807) is 0 Å². The molecule has 0 aromatic heterocycles. The van der Waals surface area contributed by atoms with Crippen LogP contribution in [0.25, 0.3) is 0 Å². The summed E-state index contributed by atoms with van der Waals surface area (Å²) in [6, 6.07) is 5.99. The fourth-order valence-corrected chi connectivity index (χ4v) is 2.71. The zero-order chi connectivity index (χ0) is 13.1. The van der Waals surface area contributed by atoms with Crippen molar-refractivity contribution in [1.82, 2.24) is 4.31 Å². The van der Waals surface area contributed by atoms with Crippen LogP contribution >= 0.6 is 23.2 Å². The lowest BCUT2D eigenvalue weighted by Crippen LogP contribution is -2.27. The van der Waals surface area contributed by atoms with Crippen LogP contribution in [0.5, 0.6) is 0 Å². The summed E-state index contributed by atoms with van der Waals surface area (Å²) < 4.78 is 25.1. The van der Waals surface area contributed by atoms with Gasteiger partial charge in [-0.05, 0) is 18.2 Å². The molecule has 0 amide bonds. The zero-order valence-corrected chi connectivity index (χ0v) is 11.3. The van der Waals surface area contributed by atoms with E-state index in [-0.39, 0.29) is 22.9 Å². The van der Waals surface area contributed by atoms with Crippen LogP contribution in [0.15, 0.2) is 23.1 Å². The molecule has 0 radical (unpaired) electrons. The minimum absolute atomic E-state index is 0.0624. The van der Waals surface area contributed by atoms with Gasteiger partial charge in [-0.2, -0.15) is 9.57 Å². The lowest BCUT2D eigenvalue weighted by atomic mass is 10.4. The van der Waals surface area contributed by atoms with Gasteiger partial charge in [-0.1, -0.05) is 23.2 Å². The molecule has 0 aliphatic heterocycles. The smallest absolute Gasteiger partial charge is 0.207 e. The van der Waals surface area contributed by atoms with Crippen LogP contribution in [0.2, 0.25) is 10.0 Å². The first-order valence-corrected chi connectivity index (χ1v) is 6.87. The average Bonchev–Trinajstić information content (AvgIpc) is 2.29. The van der Waals surface area contributed by atoms with Crippen molar-refractivity contribution in [2.24, 2.45) is 0 Å². The normalized spacial score (nSPS) is 11.5. The first-order chi connectivity index (χ1) is 7.89. The van der Waals surface area contributed by atoms with Crippen molar-refractivity contribution < 1.29 is 8.42 Å². The van der Waals surface area contributed by atoms with Crippen LogP contribution in [0.1, 0.15) is 6.42 Å². The standard InChI is InChI=1S/C10H10Cl2N2O2S/c1-14(6-2-5-13)17(15,16)8-3-4-9(11)10(12)7-8/h3-4,7H,2,6H2,1H3. The van der Waals surface area contributed by atoms with Gasteiger partial charge in [0.2, 0.25) is 10.0 Å². The van der Waals surface area contributed by atoms with E-state index in [1.165, 1.54) is 25.2 Å². The molecule has 1 rings (SSSR count). The number of sulfonamides is 1. The quantitative estimate of drug-likeness (QED) is 0.857. The molecule has 1 aromatic rings. The molecule has 4 nitrogen and oxygen atoms in total. The minimum atomic E-state index is -3.61. The molecular weight excluding hydrogens is 283 g/mol. The topological polar surface area (TPSA) is 61.2 Å². The molecule has 0 unspecified atom stereocenters. The maximum absolute atomic E-state index is 12.0. The molecule has 0 atom stereocenters. The first-order valence-electron chi connectivity index (χ1n) is 4.68. The van der Waals surface area contributed by atoms with Crippen molar-refractivity contribution in [3.05, 3.63) is 28.2 Å². The predicted octanol–water partition coefficient (Wildman–Crippen LogP) is 2.53. The summed E-state index contributed by atoms with van der Waals surface area (Å²) in [5.74, 6) is 0. The lowest BCUT2D eigenvalue weighted by Gasteiger charge is -2.15. The van der Waals surface area contributed by atoms with E-state index in [0.717, 1.165) is 4.31 Å². The van der Waals surface area contributed by atoms with E-state index >= 15 is 0 Å². The second-order valence-electron chi connectivity index (χ2n) is 3.31. The predicted molar refractivity (Wildman–Crippen MR) is 66.5 cm³/mol. The first kappa shape index (κ1) is 14.3. The van der Waals surface area contributed by atoms with Gasteiger partial charge >= 0.3 is 0 Å². The molecule has 0 bridgehead atoms. The van der Waals surface area contributed by atoms with Crippen LogP contribution in [0.3, 0.4) is 0 Å². The SMILES string of the molecule is CN(CCC#N)S(=O)(=O)c1ccc(Cl)c(Cl)c1. The Kier molecular flexibility index (Phi) is 4.78. The van der Waals surface area contributed by atoms with Gasteiger partial charge in [0.1, 0.15) is 0 Å². The maximum atomic E-state index is 12.0. The van der Waals surface area contributed by atoms with Crippen molar-refractivity contribution in [2.45, 2.75) is 11.3 Å². The maximum Gasteiger partial charge on any atom is 0.242 e. The Morgan fingerprint density at radius 3 is 2.53 bits per heavy atom. The van der Waals surface area contributed by atoms with E-state index in [2.05, 4.69) is 0 Å². The molecule has 0 aliphatic carbocycles. The zero-order valence-electron chi connectivity index (χ0n) is 9.02. The lowest BCUT2D eigenvalue weighted by molar-refractivity contribution is 0.476. The molecule has 0 aliphatic rings. The Hall–Kier alpha value is -0.800. The van der Waals surface area contributed by atoms with Crippen molar-refractivity contribution in [3.8, 4) is 6.07 Å².